The van der Waals surface area contributed by atoms with Crippen molar-refractivity contribution in [2.75, 3.05) is 31.3 Å². The van der Waals surface area contributed by atoms with E-state index in [1.807, 2.05) is 6.08 Å². The van der Waals surface area contributed by atoms with Gasteiger partial charge in [-0.05, 0) is 43.9 Å². The molecule has 0 bridgehead atoms. The predicted molar refractivity (Wildman–Crippen MR) is 106 cm³/mol. The highest BCUT2D eigenvalue weighted by molar-refractivity contribution is 7.89. The largest absolute Gasteiger partial charge is 0.383 e. The lowest BCUT2D eigenvalue weighted by Gasteiger charge is -2.20. The topological polar surface area (TPSA) is 78.5 Å². The van der Waals surface area contributed by atoms with E-state index in [4.69, 9.17) is 0 Å². The molecule has 1 aromatic carbocycles. The second-order valence-corrected chi connectivity index (χ2v) is 8.90. The minimum absolute atomic E-state index is 0.0627. The number of allylic oxidation sites excluding steroid dienone is 2. The van der Waals surface area contributed by atoms with Crippen molar-refractivity contribution in [1.82, 2.24) is 4.31 Å². The molecule has 0 radical (unpaired) electrons. The van der Waals surface area contributed by atoms with E-state index in [-0.39, 0.29) is 16.7 Å². The molecule has 0 saturated heterocycles. The van der Waals surface area contributed by atoms with Crippen molar-refractivity contribution in [2.45, 2.75) is 43.9 Å². The van der Waals surface area contributed by atoms with Crippen molar-refractivity contribution in [1.29, 1.82) is 0 Å². The van der Waals surface area contributed by atoms with Gasteiger partial charge in [0.05, 0.1) is 16.3 Å². The van der Waals surface area contributed by atoms with Crippen LogP contribution in [0.4, 0.5) is 11.4 Å². The van der Waals surface area contributed by atoms with Crippen LogP contribution in [0.25, 0.3) is 0 Å². The molecule has 0 heterocycles. The summed E-state index contributed by atoms with van der Waals surface area (Å²) in [7, 11) is -0.568. The molecule has 1 unspecified atom stereocenters. The Balaban J connectivity index is 2.28. The van der Waals surface area contributed by atoms with E-state index < -0.39 is 10.0 Å². The van der Waals surface area contributed by atoms with Gasteiger partial charge in [0.15, 0.2) is 0 Å². The molecule has 0 saturated carbocycles. The van der Waals surface area contributed by atoms with Crippen LogP contribution in [0.15, 0.2) is 35.2 Å². The number of hydrogen-bond donors (Lipinski definition) is 2. The molecule has 1 aliphatic carbocycles. The number of carbonyl (C=O) groups is 1. The van der Waals surface area contributed by atoms with E-state index in [1.165, 1.54) is 18.4 Å². The monoisotopic (exact) mass is 379 g/mol. The summed E-state index contributed by atoms with van der Waals surface area (Å²) in [5, 5.41) is 6.23. The van der Waals surface area contributed by atoms with Gasteiger partial charge >= 0.3 is 0 Å². The Kier molecular flexibility index (Phi) is 7.23. The Bertz CT molecular complexity index is 757. The van der Waals surface area contributed by atoms with Gasteiger partial charge < -0.3 is 10.6 Å². The van der Waals surface area contributed by atoms with Crippen molar-refractivity contribution in [3.8, 4) is 0 Å². The molecule has 1 atom stereocenters. The fraction of sp³-hybridized carbons (Fsp3) is 0.526. The molecule has 26 heavy (non-hydrogen) atoms. The SMILES string of the molecule is CCCCNc1ccc(S(=O)(=O)N(C)C)cc1NC(=O)C1CC=CCC1. The molecular formula is C19H29N3O3S. The third-order valence-corrected chi connectivity index (χ3v) is 6.32. The number of benzene rings is 1. The molecule has 1 amide bonds. The van der Waals surface area contributed by atoms with E-state index in [0.717, 1.165) is 44.3 Å². The van der Waals surface area contributed by atoms with Crippen molar-refractivity contribution in [2.24, 2.45) is 5.92 Å². The van der Waals surface area contributed by atoms with Gasteiger partial charge in [0, 0.05) is 26.6 Å². The maximum absolute atomic E-state index is 12.6. The first-order chi connectivity index (χ1) is 12.4. The number of nitrogens with one attached hydrogen (secondary N) is 2. The molecule has 2 rings (SSSR count). The first-order valence-corrected chi connectivity index (χ1v) is 10.6. The quantitative estimate of drug-likeness (QED) is 0.536. The highest BCUT2D eigenvalue weighted by Crippen LogP contribution is 2.28. The lowest BCUT2D eigenvalue weighted by molar-refractivity contribution is -0.120. The second kappa shape index (κ2) is 9.19. The van der Waals surface area contributed by atoms with E-state index in [9.17, 15) is 13.2 Å². The molecule has 7 heteroatoms. The molecule has 144 valence electrons. The van der Waals surface area contributed by atoms with Crippen molar-refractivity contribution in [3.63, 3.8) is 0 Å². The average molecular weight is 380 g/mol. The van der Waals surface area contributed by atoms with E-state index in [1.54, 1.807) is 18.2 Å². The molecule has 0 aromatic heterocycles. The minimum atomic E-state index is -3.56. The zero-order valence-electron chi connectivity index (χ0n) is 15.8. The number of sulfonamides is 1. The van der Waals surface area contributed by atoms with Gasteiger partial charge in [0.2, 0.25) is 15.9 Å². The van der Waals surface area contributed by atoms with Gasteiger partial charge in [-0.3, -0.25) is 4.79 Å². The van der Waals surface area contributed by atoms with Crippen molar-refractivity contribution >= 4 is 27.3 Å². The average Bonchev–Trinajstić information content (AvgIpc) is 2.63. The fourth-order valence-electron chi connectivity index (χ4n) is 2.82. The predicted octanol–water partition coefficient (Wildman–Crippen LogP) is 3.44. The standard InChI is InChI=1S/C19H29N3O3S/c1-4-5-13-20-17-12-11-16(26(24,25)22(2)3)14-18(17)21-19(23)15-9-7-6-8-10-15/h6-7,11-12,14-15,20H,4-5,8-10,13H2,1-3H3,(H,21,23). The van der Waals surface area contributed by atoms with Crippen LogP contribution in [-0.2, 0) is 14.8 Å². The van der Waals surface area contributed by atoms with Gasteiger partial charge in [0.1, 0.15) is 0 Å². The lowest BCUT2D eigenvalue weighted by atomic mass is 9.93. The molecule has 0 aliphatic heterocycles. The summed E-state index contributed by atoms with van der Waals surface area (Å²) in [6.45, 7) is 2.87. The highest BCUT2D eigenvalue weighted by Gasteiger charge is 2.22. The van der Waals surface area contributed by atoms with Crippen LogP contribution >= 0.6 is 0 Å². The lowest BCUT2D eigenvalue weighted by Crippen LogP contribution is -2.25. The zero-order chi connectivity index (χ0) is 19.2. The summed E-state index contributed by atoms with van der Waals surface area (Å²) >= 11 is 0. The summed E-state index contributed by atoms with van der Waals surface area (Å²) in [5.41, 5.74) is 1.26. The third-order valence-electron chi connectivity index (χ3n) is 4.51. The Morgan fingerprint density at radius 1 is 1.23 bits per heavy atom. The van der Waals surface area contributed by atoms with Crippen LogP contribution in [-0.4, -0.2) is 39.3 Å². The first-order valence-electron chi connectivity index (χ1n) is 9.12. The molecule has 6 nitrogen and oxygen atoms in total. The number of unbranched alkanes of at least 4 members (excludes halogenated alkanes) is 1. The van der Waals surface area contributed by atoms with Crippen LogP contribution in [0, 0.1) is 5.92 Å². The molecule has 0 fully saturated rings. The summed E-state index contributed by atoms with van der Waals surface area (Å²) in [4.78, 5) is 12.8. The van der Waals surface area contributed by atoms with Gasteiger partial charge in [0.25, 0.3) is 0 Å². The molecule has 1 aliphatic rings. The van der Waals surface area contributed by atoms with E-state index in [0.29, 0.717) is 5.69 Å². The van der Waals surface area contributed by atoms with Gasteiger partial charge in [-0.15, -0.1) is 0 Å². The summed E-state index contributed by atoms with van der Waals surface area (Å²) < 4.78 is 26.0. The van der Waals surface area contributed by atoms with Crippen LogP contribution in [0.3, 0.4) is 0 Å². The first kappa shape index (κ1) is 20.5. The Morgan fingerprint density at radius 3 is 2.62 bits per heavy atom. The maximum atomic E-state index is 12.6. The fourth-order valence-corrected chi connectivity index (χ4v) is 3.75. The number of hydrogen-bond acceptors (Lipinski definition) is 4. The third kappa shape index (κ3) is 5.08. The summed E-state index contributed by atoms with van der Waals surface area (Å²) in [5.74, 6) is -0.134. The number of amides is 1. The van der Waals surface area contributed by atoms with Crippen LogP contribution in [0.2, 0.25) is 0 Å². The van der Waals surface area contributed by atoms with Gasteiger partial charge in [-0.25, -0.2) is 12.7 Å². The Labute approximate surface area is 156 Å². The van der Waals surface area contributed by atoms with Gasteiger partial charge in [-0.2, -0.15) is 0 Å². The number of carbonyl (C=O) groups excluding carboxylic acids is 1. The normalized spacial score (nSPS) is 17.3. The van der Waals surface area contributed by atoms with E-state index in [2.05, 4.69) is 23.6 Å². The van der Waals surface area contributed by atoms with Crippen LogP contribution in [0.1, 0.15) is 39.0 Å². The molecule has 2 N–H and O–H groups in total. The summed E-state index contributed by atoms with van der Waals surface area (Å²) in [6.07, 6.45) is 8.60. The highest BCUT2D eigenvalue weighted by atomic mass is 32.2. The maximum Gasteiger partial charge on any atom is 0.242 e. The van der Waals surface area contributed by atoms with Crippen molar-refractivity contribution < 1.29 is 13.2 Å². The second-order valence-electron chi connectivity index (χ2n) is 6.75. The molecular weight excluding hydrogens is 350 g/mol. The van der Waals surface area contributed by atoms with E-state index >= 15 is 0 Å². The molecule has 0 spiro atoms. The number of anilines is 2. The smallest absolute Gasteiger partial charge is 0.242 e. The van der Waals surface area contributed by atoms with Crippen LogP contribution < -0.4 is 10.6 Å². The van der Waals surface area contributed by atoms with Crippen molar-refractivity contribution in [3.05, 3.63) is 30.4 Å². The Morgan fingerprint density at radius 2 is 2.00 bits per heavy atom. The number of nitrogens with zero attached hydrogens (tertiary/aromatic N) is 1. The van der Waals surface area contributed by atoms with Gasteiger partial charge in [-0.1, -0.05) is 25.5 Å². The zero-order valence-corrected chi connectivity index (χ0v) is 16.6. The minimum Gasteiger partial charge on any atom is -0.383 e. The van der Waals surface area contributed by atoms with Crippen LogP contribution in [0.5, 0.6) is 0 Å². The summed E-state index contributed by atoms with van der Waals surface area (Å²) in [6, 6.07) is 4.84. The Hall–Kier alpha value is -1.86. The molecule has 1 aromatic rings. The number of rotatable bonds is 8.